The van der Waals surface area contributed by atoms with Gasteiger partial charge in [-0.1, -0.05) is 6.07 Å². The predicted octanol–water partition coefficient (Wildman–Crippen LogP) is 2.10. The molecule has 2 aliphatic rings. The second-order valence-corrected chi connectivity index (χ2v) is 7.24. The van der Waals surface area contributed by atoms with E-state index in [0.717, 1.165) is 30.3 Å². The molecule has 0 aromatic heterocycles. The van der Waals surface area contributed by atoms with E-state index >= 15 is 0 Å². The van der Waals surface area contributed by atoms with Crippen molar-refractivity contribution < 1.29 is 8.42 Å². The number of anilines is 2. The van der Waals surface area contributed by atoms with E-state index in [1.54, 1.807) is 12.1 Å². The zero-order valence-corrected chi connectivity index (χ0v) is 11.3. The second kappa shape index (κ2) is 4.16. The van der Waals surface area contributed by atoms with E-state index in [2.05, 4.69) is 10.6 Å². The van der Waals surface area contributed by atoms with Gasteiger partial charge in [0, 0.05) is 18.8 Å². The van der Waals surface area contributed by atoms with Crippen LogP contribution in [0.5, 0.6) is 0 Å². The Morgan fingerprint density at radius 1 is 1.22 bits per heavy atom. The number of sulfone groups is 1. The van der Waals surface area contributed by atoms with E-state index in [1.807, 2.05) is 6.07 Å². The molecule has 2 N–H and O–H groups in total. The predicted molar refractivity (Wildman–Crippen MR) is 72.8 cm³/mol. The number of fused-ring (bicyclic) bond motifs is 1. The van der Waals surface area contributed by atoms with Crippen LogP contribution >= 0.6 is 0 Å². The van der Waals surface area contributed by atoms with Crippen molar-refractivity contribution in [1.82, 2.24) is 0 Å². The molecule has 1 unspecified atom stereocenters. The van der Waals surface area contributed by atoms with Gasteiger partial charge < -0.3 is 10.6 Å². The van der Waals surface area contributed by atoms with E-state index < -0.39 is 9.84 Å². The van der Waals surface area contributed by atoms with E-state index in [-0.39, 0.29) is 0 Å². The highest BCUT2D eigenvalue weighted by atomic mass is 32.2. The van der Waals surface area contributed by atoms with Gasteiger partial charge in [-0.2, -0.15) is 0 Å². The molecule has 0 amide bonds. The summed E-state index contributed by atoms with van der Waals surface area (Å²) in [5, 5.41) is 6.78. The summed E-state index contributed by atoms with van der Waals surface area (Å²) < 4.78 is 23.6. The molecule has 0 bridgehead atoms. The fourth-order valence-electron chi connectivity index (χ4n) is 2.62. The summed E-state index contributed by atoms with van der Waals surface area (Å²) in [5.41, 5.74) is 1.66. The molecular weight excluding hydrogens is 248 g/mol. The molecule has 1 atom stereocenters. The van der Waals surface area contributed by atoms with Crippen molar-refractivity contribution in [2.75, 3.05) is 23.4 Å². The first kappa shape index (κ1) is 11.8. The molecule has 1 aliphatic carbocycles. The molecule has 1 saturated carbocycles. The van der Waals surface area contributed by atoms with Gasteiger partial charge in [-0.25, -0.2) is 8.42 Å². The minimum atomic E-state index is -3.19. The maximum Gasteiger partial charge on any atom is 0.177 e. The fraction of sp³-hybridized carbons (Fsp3) is 0.538. The highest BCUT2D eigenvalue weighted by molar-refractivity contribution is 7.90. The van der Waals surface area contributed by atoms with Crippen molar-refractivity contribution >= 4 is 21.2 Å². The molecule has 1 aliphatic heterocycles. The molecular formula is C13H18N2O2S. The zero-order valence-electron chi connectivity index (χ0n) is 10.4. The maximum absolute atomic E-state index is 11.8. The Morgan fingerprint density at radius 3 is 2.67 bits per heavy atom. The van der Waals surface area contributed by atoms with Crippen molar-refractivity contribution in [2.45, 2.75) is 30.2 Å². The van der Waals surface area contributed by atoms with Gasteiger partial charge in [-0.05, 0) is 37.3 Å². The Hall–Kier alpha value is -1.23. The lowest BCUT2D eigenvalue weighted by Gasteiger charge is -2.17. The van der Waals surface area contributed by atoms with E-state index in [0.29, 0.717) is 10.9 Å². The summed E-state index contributed by atoms with van der Waals surface area (Å²) in [5.74, 6) is 0.764. The van der Waals surface area contributed by atoms with Gasteiger partial charge in [-0.3, -0.25) is 0 Å². The van der Waals surface area contributed by atoms with Crippen LogP contribution in [0.25, 0.3) is 0 Å². The SMILES string of the molecule is CS(=O)(=O)c1cccc2c1NCCC(C1CC1)N2. The number of rotatable bonds is 2. The first-order chi connectivity index (χ1) is 8.55. The largest absolute Gasteiger partial charge is 0.382 e. The van der Waals surface area contributed by atoms with Crippen LogP contribution in [0.2, 0.25) is 0 Å². The van der Waals surface area contributed by atoms with Gasteiger partial charge in [0.25, 0.3) is 0 Å². The molecule has 3 rings (SSSR count). The fourth-order valence-corrected chi connectivity index (χ4v) is 3.50. The van der Waals surface area contributed by atoms with Crippen LogP contribution in [-0.4, -0.2) is 27.3 Å². The van der Waals surface area contributed by atoms with Gasteiger partial charge in [0.15, 0.2) is 9.84 Å². The molecule has 1 aromatic carbocycles. The van der Waals surface area contributed by atoms with Crippen LogP contribution in [-0.2, 0) is 9.84 Å². The standard InChI is InChI=1S/C13H18N2O2S/c1-18(16,17)12-4-2-3-11-13(12)14-8-7-10(15-11)9-5-6-9/h2-4,9-10,14-15H,5-8H2,1H3. The van der Waals surface area contributed by atoms with Crippen LogP contribution in [0, 0.1) is 5.92 Å². The molecule has 0 radical (unpaired) electrons. The highest BCUT2D eigenvalue weighted by Gasteiger charge is 2.33. The summed E-state index contributed by atoms with van der Waals surface area (Å²) in [6.07, 6.45) is 4.88. The average Bonchev–Trinajstić information content (AvgIpc) is 3.12. The summed E-state index contributed by atoms with van der Waals surface area (Å²) in [6, 6.07) is 5.91. The van der Waals surface area contributed by atoms with Crippen LogP contribution in [0.15, 0.2) is 23.1 Å². The minimum Gasteiger partial charge on any atom is -0.382 e. The third-order valence-corrected chi connectivity index (χ3v) is 4.85. The summed E-state index contributed by atoms with van der Waals surface area (Å²) in [6.45, 7) is 0.827. The molecule has 1 aromatic rings. The lowest BCUT2D eigenvalue weighted by atomic mass is 10.1. The lowest BCUT2D eigenvalue weighted by molar-refractivity contribution is 0.602. The Bertz CT molecular complexity index is 564. The molecule has 98 valence electrons. The molecule has 1 heterocycles. The molecule has 0 saturated heterocycles. The smallest absolute Gasteiger partial charge is 0.177 e. The Balaban J connectivity index is 2.01. The normalized spacial score (nSPS) is 23.5. The summed E-state index contributed by atoms with van der Waals surface area (Å²) in [4.78, 5) is 0.393. The molecule has 5 heteroatoms. The van der Waals surface area contributed by atoms with E-state index in [1.165, 1.54) is 19.1 Å². The maximum atomic E-state index is 11.8. The number of benzene rings is 1. The minimum absolute atomic E-state index is 0.393. The van der Waals surface area contributed by atoms with Crippen LogP contribution in [0.1, 0.15) is 19.3 Å². The monoisotopic (exact) mass is 266 g/mol. The first-order valence-corrected chi connectivity index (χ1v) is 8.28. The van der Waals surface area contributed by atoms with Gasteiger partial charge in [-0.15, -0.1) is 0 Å². The van der Waals surface area contributed by atoms with Crippen LogP contribution < -0.4 is 10.6 Å². The Kier molecular flexibility index (Phi) is 2.73. The van der Waals surface area contributed by atoms with E-state index in [9.17, 15) is 8.42 Å². The summed E-state index contributed by atoms with van der Waals surface area (Å²) >= 11 is 0. The molecule has 0 spiro atoms. The first-order valence-electron chi connectivity index (χ1n) is 6.39. The Labute approximate surface area is 108 Å². The van der Waals surface area contributed by atoms with E-state index in [4.69, 9.17) is 0 Å². The van der Waals surface area contributed by atoms with Crippen molar-refractivity contribution in [3.05, 3.63) is 18.2 Å². The highest BCUT2D eigenvalue weighted by Crippen LogP contribution is 2.39. The van der Waals surface area contributed by atoms with Crippen LogP contribution in [0.3, 0.4) is 0 Å². The van der Waals surface area contributed by atoms with Gasteiger partial charge in [0.05, 0.1) is 16.3 Å². The molecule has 1 fully saturated rings. The topological polar surface area (TPSA) is 58.2 Å². The quantitative estimate of drug-likeness (QED) is 0.860. The third-order valence-electron chi connectivity index (χ3n) is 3.71. The number of nitrogens with one attached hydrogen (secondary N) is 2. The van der Waals surface area contributed by atoms with Gasteiger partial charge >= 0.3 is 0 Å². The second-order valence-electron chi connectivity index (χ2n) is 5.25. The molecule has 4 nitrogen and oxygen atoms in total. The number of para-hydroxylation sites is 1. The zero-order chi connectivity index (χ0) is 12.8. The third kappa shape index (κ3) is 2.19. The van der Waals surface area contributed by atoms with Crippen LogP contribution in [0.4, 0.5) is 11.4 Å². The molecule has 18 heavy (non-hydrogen) atoms. The average molecular weight is 266 g/mol. The van der Waals surface area contributed by atoms with Crippen molar-refractivity contribution in [3.63, 3.8) is 0 Å². The number of hydrogen-bond donors (Lipinski definition) is 2. The number of hydrogen-bond acceptors (Lipinski definition) is 4. The van der Waals surface area contributed by atoms with Crippen molar-refractivity contribution in [3.8, 4) is 0 Å². The van der Waals surface area contributed by atoms with Crippen molar-refractivity contribution in [1.29, 1.82) is 0 Å². The Morgan fingerprint density at radius 2 is 2.00 bits per heavy atom. The van der Waals surface area contributed by atoms with Crippen molar-refractivity contribution in [2.24, 2.45) is 5.92 Å². The van der Waals surface area contributed by atoms with Gasteiger partial charge in [0.1, 0.15) is 0 Å². The van der Waals surface area contributed by atoms with Gasteiger partial charge in [0.2, 0.25) is 0 Å². The summed E-state index contributed by atoms with van der Waals surface area (Å²) in [7, 11) is -3.19. The lowest BCUT2D eigenvalue weighted by Crippen LogP contribution is -2.21.